The quantitative estimate of drug-likeness (QED) is 0.519. The minimum atomic E-state index is -3.92. The summed E-state index contributed by atoms with van der Waals surface area (Å²) in [7, 11) is -2.25. The molecule has 2 aliphatic rings. The number of nitrogens with zero attached hydrogens (tertiary/aromatic N) is 4. The number of likely N-dealkylation sites (N-methyl/N-ethyl adjacent to an activating group) is 1. The van der Waals surface area contributed by atoms with Crippen LogP contribution in [0, 0.1) is 10.1 Å². The molecule has 0 saturated carbocycles. The normalized spacial score (nSPS) is 22.1. The van der Waals surface area contributed by atoms with E-state index in [4.69, 9.17) is 0 Å². The highest BCUT2D eigenvalue weighted by atomic mass is 32.2. The molecule has 10 nitrogen and oxygen atoms in total. The second kappa shape index (κ2) is 6.65. The smallest absolute Gasteiger partial charge is 0.269 e. The number of piperazine rings is 1. The number of hydrogen-bond donors (Lipinski definition) is 0. The fourth-order valence-corrected chi connectivity index (χ4v) is 4.57. The zero-order valence-electron chi connectivity index (χ0n) is 14.1. The SMILES string of the molecule is CN1C[C@H](N2CCN(S(=O)(=O)c3ccc([N+](=O)[O-])cc3)CC2=O)CC1=O. The van der Waals surface area contributed by atoms with E-state index in [2.05, 4.69) is 0 Å². The number of carbonyl (C=O) groups is 2. The lowest BCUT2D eigenvalue weighted by Crippen LogP contribution is -2.55. The highest BCUT2D eigenvalue weighted by molar-refractivity contribution is 7.89. The van der Waals surface area contributed by atoms with Crippen LogP contribution in [0.4, 0.5) is 5.69 Å². The van der Waals surface area contributed by atoms with Crippen molar-refractivity contribution in [3.05, 3.63) is 34.4 Å². The van der Waals surface area contributed by atoms with Crippen LogP contribution in [0.25, 0.3) is 0 Å². The van der Waals surface area contributed by atoms with Crippen molar-refractivity contribution in [2.45, 2.75) is 17.4 Å². The van der Waals surface area contributed by atoms with Crippen LogP contribution >= 0.6 is 0 Å². The Hall–Kier alpha value is -2.53. The molecule has 1 aromatic rings. The Morgan fingerprint density at radius 1 is 1.12 bits per heavy atom. The molecule has 0 N–H and O–H groups in total. The Kier molecular flexibility index (Phi) is 4.67. The van der Waals surface area contributed by atoms with Gasteiger partial charge in [-0.05, 0) is 12.1 Å². The maximum Gasteiger partial charge on any atom is 0.269 e. The summed E-state index contributed by atoms with van der Waals surface area (Å²) in [5, 5.41) is 10.7. The Morgan fingerprint density at radius 3 is 2.27 bits per heavy atom. The van der Waals surface area contributed by atoms with Gasteiger partial charge in [-0.15, -0.1) is 0 Å². The molecule has 0 spiro atoms. The van der Waals surface area contributed by atoms with Crippen molar-refractivity contribution in [2.75, 3.05) is 33.2 Å². The molecular formula is C15H18N4O6S. The molecule has 2 amide bonds. The third-order valence-electron chi connectivity index (χ3n) is 4.67. The van der Waals surface area contributed by atoms with Crippen LogP contribution in [0.15, 0.2) is 29.2 Å². The molecule has 1 atom stereocenters. The van der Waals surface area contributed by atoms with E-state index < -0.39 is 14.9 Å². The lowest BCUT2D eigenvalue weighted by molar-refractivity contribution is -0.384. The molecule has 0 aliphatic carbocycles. The van der Waals surface area contributed by atoms with E-state index in [9.17, 15) is 28.1 Å². The first-order valence-corrected chi connectivity index (χ1v) is 9.42. The Balaban J connectivity index is 1.72. The lowest BCUT2D eigenvalue weighted by Gasteiger charge is -2.36. The van der Waals surface area contributed by atoms with Crippen molar-refractivity contribution >= 4 is 27.5 Å². The van der Waals surface area contributed by atoms with Crippen molar-refractivity contribution in [1.82, 2.24) is 14.1 Å². The first kappa shape index (κ1) is 18.3. The zero-order valence-corrected chi connectivity index (χ0v) is 14.9. The van der Waals surface area contributed by atoms with Gasteiger partial charge in [0.05, 0.1) is 22.4 Å². The van der Waals surface area contributed by atoms with Gasteiger partial charge in [-0.2, -0.15) is 4.31 Å². The van der Waals surface area contributed by atoms with Crippen LogP contribution in [-0.4, -0.2) is 78.5 Å². The maximum atomic E-state index is 12.7. The number of nitro groups is 1. The summed E-state index contributed by atoms with van der Waals surface area (Å²) in [6.45, 7) is 0.448. The number of benzene rings is 1. The molecule has 2 fully saturated rings. The number of amides is 2. The molecule has 2 saturated heterocycles. The van der Waals surface area contributed by atoms with Gasteiger partial charge in [0.15, 0.2) is 0 Å². The van der Waals surface area contributed by atoms with E-state index in [0.717, 1.165) is 28.6 Å². The summed E-state index contributed by atoms with van der Waals surface area (Å²) in [6, 6.07) is 4.32. The largest absolute Gasteiger partial charge is 0.344 e. The Bertz CT molecular complexity index is 853. The van der Waals surface area contributed by atoms with Gasteiger partial charge in [0.25, 0.3) is 5.69 Å². The number of likely N-dealkylation sites (tertiary alicyclic amines) is 1. The number of non-ortho nitro benzene ring substituents is 1. The molecule has 2 aliphatic heterocycles. The molecule has 11 heteroatoms. The summed E-state index contributed by atoms with van der Waals surface area (Å²) in [5.74, 6) is -0.390. The molecule has 26 heavy (non-hydrogen) atoms. The highest BCUT2D eigenvalue weighted by Gasteiger charge is 2.39. The van der Waals surface area contributed by atoms with Crippen molar-refractivity contribution in [2.24, 2.45) is 0 Å². The number of carbonyl (C=O) groups excluding carboxylic acids is 2. The minimum absolute atomic E-state index is 0.0382. The van der Waals surface area contributed by atoms with Crippen molar-refractivity contribution in [1.29, 1.82) is 0 Å². The van der Waals surface area contributed by atoms with E-state index in [1.807, 2.05) is 0 Å². The minimum Gasteiger partial charge on any atom is -0.344 e. The number of sulfonamides is 1. The number of hydrogen-bond acceptors (Lipinski definition) is 6. The molecule has 0 unspecified atom stereocenters. The number of rotatable bonds is 4. The van der Waals surface area contributed by atoms with E-state index in [0.29, 0.717) is 6.54 Å². The molecule has 0 aromatic heterocycles. The average molecular weight is 382 g/mol. The Morgan fingerprint density at radius 2 is 1.77 bits per heavy atom. The van der Waals surface area contributed by atoms with E-state index in [-0.39, 0.29) is 54.5 Å². The third-order valence-corrected chi connectivity index (χ3v) is 6.53. The Labute approximate surface area is 150 Å². The second-order valence-electron chi connectivity index (χ2n) is 6.31. The zero-order chi connectivity index (χ0) is 19.1. The van der Waals surface area contributed by atoms with Crippen LogP contribution in [-0.2, 0) is 19.6 Å². The first-order chi connectivity index (χ1) is 12.2. The summed E-state index contributed by atoms with van der Waals surface area (Å²) in [6.07, 6.45) is 0.247. The van der Waals surface area contributed by atoms with Gasteiger partial charge in [-0.1, -0.05) is 0 Å². The van der Waals surface area contributed by atoms with E-state index >= 15 is 0 Å². The van der Waals surface area contributed by atoms with E-state index in [1.54, 1.807) is 16.8 Å². The van der Waals surface area contributed by atoms with E-state index in [1.165, 1.54) is 0 Å². The van der Waals surface area contributed by atoms with Gasteiger partial charge in [0.2, 0.25) is 21.8 Å². The van der Waals surface area contributed by atoms with Crippen molar-refractivity contribution in [3.8, 4) is 0 Å². The van der Waals surface area contributed by atoms with Crippen LogP contribution in [0.2, 0.25) is 0 Å². The molecule has 0 bridgehead atoms. The van der Waals surface area contributed by atoms with Crippen molar-refractivity contribution < 1.29 is 22.9 Å². The molecule has 0 radical (unpaired) electrons. The standard InChI is InChI=1S/C15H18N4O6S/c1-16-9-12(8-14(16)20)18-7-6-17(10-15(18)21)26(24,25)13-4-2-11(3-5-13)19(22)23/h2-5,12H,6-10H2,1H3/t12-/m1/s1. The summed E-state index contributed by atoms with van der Waals surface area (Å²) >= 11 is 0. The summed E-state index contributed by atoms with van der Waals surface area (Å²) in [4.78, 5) is 37.2. The molecule has 1 aromatic carbocycles. The molecule has 2 heterocycles. The van der Waals surface area contributed by atoms with Crippen molar-refractivity contribution in [3.63, 3.8) is 0 Å². The van der Waals surface area contributed by atoms with Gasteiger partial charge < -0.3 is 9.80 Å². The fourth-order valence-electron chi connectivity index (χ4n) is 3.19. The number of nitro benzene ring substituents is 1. The average Bonchev–Trinajstić information content (AvgIpc) is 2.93. The topological polar surface area (TPSA) is 121 Å². The lowest BCUT2D eigenvalue weighted by atomic mass is 10.2. The maximum absolute atomic E-state index is 12.7. The van der Waals surface area contributed by atoms with Crippen LogP contribution < -0.4 is 0 Å². The fraction of sp³-hybridized carbons (Fsp3) is 0.467. The van der Waals surface area contributed by atoms with Crippen LogP contribution in [0.3, 0.4) is 0 Å². The van der Waals surface area contributed by atoms with Gasteiger partial charge >= 0.3 is 0 Å². The highest BCUT2D eigenvalue weighted by Crippen LogP contribution is 2.23. The molecule has 140 valence electrons. The van der Waals surface area contributed by atoms with Gasteiger partial charge in [-0.25, -0.2) is 8.42 Å². The monoisotopic (exact) mass is 382 g/mol. The molecule has 3 rings (SSSR count). The third kappa shape index (κ3) is 3.27. The first-order valence-electron chi connectivity index (χ1n) is 7.98. The predicted octanol–water partition coefficient (Wildman–Crippen LogP) is -0.342. The van der Waals surface area contributed by atoms with Gasteiger partial charge in [-0.3, -0.25) is 19.7 Å². The van der Waals surface area contributed by atoms with Gasteiger partial charge in [0.1, 0.15) is 0 Å². The van der Waals surface area contributed by atoms with Gasteiger partial charge in [0, 0.05) is 45.2 Å². The second-order valence-corrected chi connectivity index (χ2v) is 8.25. The van der Waals surface area contributed by atoms with Crippen LogP contribution in [0.5, 0.6) is 0 Å². The van der Waals surface area contributed by atoms with Crippen LogP contribution in [0.1, 0.15) is 6.42 Å². The summed E-state index contributed by atoms with van der Waals surface area (Å²) in [5.41, 5.74) is -0.208. The predicted molar refractivity (Wildman–Crippen MR) is 89.6 cm³/mol. The molecular weight excluding hydrogens is 364 g/mol. The summed E-state index contributed by atoms with van der Waals surface area (Å²) < 4.78 is 26.4.